The topological polar surface area (TPSA) is 109 Å². The van der Waals surface area contributed by atoms with Crippen LogP contribution in [0.2, 0.25) is 0 Å². The normalized spacial score (nSPS) is 18.4. The van der Waals surface area contributed by atoms with E-state index >= 15 is 0 Å². The molecule has 11 heteroatoms. The van der Waals surface area contributed by atoms with Gasteiger partial charge in [0.2, 0.25) is 5.91 Å². The number of benzene rings is 1. The van der Waals surface area contributed by atoms with Crippen LogP contribution in [-0.4, -0.2) is 57.5 Å². The number of hydrogen-bond acceptors (Lipinski definition) is 8. The van der Waals surface area contributed by atoms with Gasteiger partial charge in [-0.15, -0.1) is 0 Å². The van der Waals surface area contributed by atoms with E-state index in [0.29, 0.717) is 36.6 Å². The highest BCUT2D eigenvalue weighted by Crippen LogP contribution is 2.29. The molecule has 2 N–H and O–H groups in total. The molecule has 0 bridgehead atoms. The summed E-state index contributed by atoms with van der Waals surface area (Å²) in [5.41, 5.74) is 3.98. The molecule has 1 fully saturated rings. The second-order valence-electron chi connectivity index (χ2n) is 6.77. The summed E-state index contributed by atoms with van der Waals surface area (Å²) < 4.78 is 24.3. The molecule has 1 aromatic rings. The Bertz CT molecular complexity index is 861. The van der Waals surface area contributed by atoms with Gasteiger partial charge in [-0.3, -0.25) is 9.69 Å². The van der Waals surface area contributed by atoms with Crippen LogP contribution in [0.15, 0.2) is 30.0 Å². The summed E-state index contributed by atoms with van der Waals surface area (Å²) in [6, 6.07) is 4.55. The Kier molecular flexibility index (Phi) is 6.60. The molecule has 2 aliphatic rings. The van der Waals surface area contributed by atoms with Gasteiger partial charge in [0.15, 0.2) is 0 Å². The lowest BCUT2D eigenvalue weighted by Gasteiger charge is -2.29. The van der Waals surface area contributed by atoms with E-state index in [1.165, 1.54) is 25.0 Å². The van der Waals surface area contributed by atoms with Crippen LogP contribution in [-0.2, 0) is 19.1 Å². The maximum absolute atomic E-state index is 14.8. The lowest BCUT2D eigenvalue weighted by molar-refractivity contribution is -0.119. The van der Waals surface area contributed by atoms with Crippen molar-refractivity contribution in [2.24, 2.45) is 0 Å². The van der Waals surface area contributed by atoms with Crippen LogP contribution in [0.4, 0.5) is 25.4 Å². The molecule has 2 heterocycles. The van der Waals surface area contributed by atoms with Crippen molar-refractivity contribution < 1.29 is 33.1 Å². The monoisotopic (exact) mass is 422 g/mol. The van der Waals surface area contributed by atoms with Crippen molar-refractivity contribution in [1.29, 1.82) is 0 Å². The highest BCUT2D eigenvalue weighted by atomic mass is 19.1. The average molecular weight is 422 g/mol. The van der Waals surface area contributed by atoms with Crippen molar-refractivity contribution in [3.05, 3.63) is 35.8 Å². The first-order chi connectivity index (χ1) is 14.4. The fourth-order valence-corrected chi connectivity index (χ4v) is 3.15. The number of halogens is 1. The molecule has 1 saturated heterocycles. The Morgan fingerprint density at radius 3 is 2.80 bits per heavy atom. The highest BCUT2D eigenvalue weighted by molar-refractivity contribution is 5.90. The molecular formula is C19H23FN4O6. The van der Waals surface area contributed by atoms with Crippen molar-refractivity contribution in [3.8, 4) is 0 Å². The van der Waals surface area contributed by atoms with E-state index in [1.807, 2.05) is 4.90 Å². The molecule has 10 nitrogen and oxygen atoms in total. The first-order valence-electron chi connectivity index (χ1n) is 9.34. The lowest BCUT2D eigenvalue weighted by atomic mass is 10.1. The SMILES string of the molecule is COC(=O)ONC1=CCN(c2ccc(N3C[C@H](CNC(C)=O)OC3=O)cc2F)CC1. The smallest absolute Gasteiger partial charge is 0.442 e. The van der Waals surface area contributed by atoms with E-state index in [0.717, 1.165) is 0 Å². The summed E-state index contributed by atoms with van der Waals surface area (Å²) in [5, 5.41) is 2.60. The third kappa shape index (κ3) is 5.10. The molecule has 0 unspecified atom stereocenters. The number of anilines is 2. The number of rotatable bonds is 6. The van der Waals surface area contributed by atoms with Crippen LogP contribution < -0.4 is 20.6 Å². The highest BCUT2D eigenvalue weighted by Gasteiger charge is 2.33. The molecule has 1 atom stereocenters. The molecule has 0 spiro atoms. The molecule has 30 heavy (non-hydrogen) atoms. The number of methoxy groups -OCH3 is 1. The minimum atomic E-state index is -0.847. The maximum atomic E-state index is 14.8. The van der Waals surface area contributed by atoms with Crippen molar-refractivity contribution in [1.82, 2.24) is 10.8 Å². The summed E-state index contributed by atoms with van der Waals surface area (Å²) in [7, 11) is 1.21. The zero-order chi connectivity index (χ0) is 21.7. The van der Waals surface area contributed by atoms with E-state index in [2.05, 4.69) is 20.4 Å². The second-order valence-corrected chi connectivity index (χ2v) is 6.77. The maximum Gasteiger partial charge on any atom is 0.532 e. The van der Waals surface area contributed by atoms with Gasteiger partial charge in [0.05, 0.1) is 31.6 Å². The first kappa shape index (κ1) is 21.2. The predicted octanol–water partition coefficient (Wildman–Crippen LogP) is 1.67. The van der Waals surface area contributed by atoms with Crippen molar-refractivity contribution in [3.63, 3.8) is 0 Å². The molecule has 0 saturated carbocycles. The Hall–Kier alpha value is -3.50. The first-order valence-corrected chi connectivity index (χ1v) is 9.34. The van der Waals surface area contributed by atoms with Gasteiger partial charge < -0.3 is 24.5 Å². The van der Waals surface area contributed by atoms with Crippen LogP contribution in [0.1, 0.15) is 13.3 Å². The molecule has 2 amide bonds. The number of amides is 2. The predicted molar refractivity (Wildman–Crippen MR) is 104 cm³/mol. The van der Waals surface area contributed by atoms with Crippen LogP contribution in [0.25, 0.3) is 0 Å². The molecular weight excluding hydrogens is 399 g/mol. The van der Waals surface area contributed by atoms with Gasteiger partial charge in [-0.25, -0.2) is 19.5 Å². The quantitative estimate of drug-likeness (QED) is 0.526. The van der Waals surface area contributed by atoms with Crippen molar-refractivity contribution in [2.45, 2.75) is 19.4 Å². The Labute approximate surface area is 172 Å². The Morgan fingerprint density at radius 1 is 1.37 bits per heavy atom. The number of nitrogens with zero attached hydrogens (tertiary/aromatic N) is 2. The van der Waals surface area contributed by atoms with Crippen LogP contribution in [0, 0.1) is 5.82 Å². The molecule has 0 radical (unpaired) electrons. The van der Waals surface area contributed by atoms with Gasteiger partial charge in [-0.1, -0.05) is 0 Å². The average Bonchev–Trinajstić information content (AvgIpc) is 3.11. The summed E-state index contributed by atoms with van der Waals surface area (Å²) >= 11 is 0. The molecule has 0 aromatic heterocycles. The third-order valence-corrected chi connectivity index (χ3v) is 4.68. The number of nitrogens with one attached hydrogen (secondary N) is 2. The molecule has 162 valence electrons. The second kappa shape index (κ2) is 9.33. The summed E-state index contributed by atoms with van der Waals surface area (Å²) in [6.45, 7) is 2.72. The molecule has 0 aliphatic carbocycles. The molecule has 3 rings (SSSR count). The van der Waals surface area contributed by atoms with Crippen LogP contribution in [0.5, 0.6) is 0 Å². The van der Waals surface area contributed by atoms with Gasteiger partial charge in [0.25, 0.3) is 0 Å². The van der Waals surface area contributed by atoms with Crippen molar-refractivity contribution >= 4 is 29.5 Å². The number of carbonyl (C=O) groups excluding carboxylic acids is 3. The van der Waals surface area contributed by atoms with Gasteiger partial charge in [-0.2, -0.15) is 0 Å². The zero-order valence-electron chi connectivity index (χ0n) is 16.6. The van der Waals surface area contributed by atoms with E-state index in [9.17, 15) is 18.8 Å². The number of hydrogen-bond donors (Lipinski definition) is 2. The van der Waals surface area contributed by atoms with Crippen molar-refractivity contribution in [2.75, 3.05) is 43.1 Å². The zero-order valence-corrected chi connectivity index (χ0v) is 16.6. The minimum absolute atomic E-state index is 0.203. The third-order valence-electron chi connectivity index (χ3n) is 4.68. The largest absolute Gasteiger partial charge is 0.532 e. The van der Waals surface area contributed by atoms with E-state index in [1.54, 1.807) is 18.2 Å². The van der Waals surface area contributed by atoms with E-state index < -0.39 is 24.2 Å². The number of ether oxygens (including phenoxy) is 2. The number of carbonyl (C=O) groups is 3. The standard InChI is InChI=1S/C19H23FN4O6/c1-12(25)21-10-15-11-24(18(26)29-15)14-3-4-17(16(20)9-14)23-7-5-13(6-8-23)22-30-19(27)28-2/h3-5,9,15,22H,6-8,10-11H2,1-2H3,(H,21,25)/t15-/m0/s1. The lowest BCUT2D eigenvalue weighted by Crippen LogP contribution is -2.34. The summed E-state index contributed by atoms with van der Waals surface area (Å²) in [4.78, 5) is 41.9. The van der Waals surface area contributed by atoms with Crippen LogP contribution >= 0.6 is 0 Å². The molecule has 2 aliphatic heterocycles. The fraction of sp³-hybridized carbons (Fsp3) is 0.421. The van der Waals surface area contributed by atoms with E-state index in [-0.39, 0.29) is 19.0 Å². The fourth-order valence-electron chi connectivity index (χ4n) is 3.15. The van der Waals surface area contributed by atoms with Crippen LogP contribution in [0.3, 0.4) is 0 Å². The summed E-state index contributed by atoms with van der Waals surface area (Å²) in [5.74, 6) is -0.688. The number of hydroxylamine groups is 1. The summed E-state index contributed by atoms with van der Waals surface area (Å²) in [6.07, 6.45) is 0.375. The minimum Gasteiger partial charge on any atom is -0.442 e. The van der Waals surface area contributed by atoms with E-state index in [4.69, 9.17) is 4.74 Å². The van der Waals surface area contributed by atoms with Gasteiger partial charge in [0.1, 0.15) is 11.9 Å². The Morgan fingerprint density at radius 2 is 2.17 bits per heavy atom. The van der Waals surface area contributed by atoms with Gasteiger partial charge >= 0.3 is 12.2 Å². The van der Waals surface area contributed by atoms with Gasteiger partial charge in [0, 0.05) is 32.1 Å². The molecule has 1 aromatic carbocycles. The van der Waals surface area contributed by atoms with Gasteiger partial charge in [-0.05, 0) is 24.3 Å². The Balaban J connectivity index is 1.61. The number of cyclic esters (lactones) is 1.